The highest BCUT2D eigenvalue weighted by atomic mass is 19.1. The smallest absolute Gasteiger partial charge is 0.203 e. The fraction of sp³-hybridized carbons (Fsp3) is 0.167. The highest BCUT2D eigenvalue weighted by Gasteiger charge is 2.21. The number of halogens is 1. The SMILES string of the molecule is Cc1cccc(-c2c(C(C)O)oc3cccc(F)c3c2=O)c1. The van der Waals surface area contributed by atoms with Crippen molar-refractivity contribution in [3.05, 3.63) is 69.8 Å². The number of aliphatic hydroxyl groups excluding tert-OH is 1. The molecule has 0 aliphatic rings. The first-order chi connectivity index (χ1) is 10.5. The zero-order valence-corrected chi connectivity index (χ0v) is 12.3. The third-order valence-corrected chi connectivity index (χ3v) is 3.58. The molecule has 3 nitrogen and oxygen atoms in total. The van der Waals surface area contributed by atoms with Crippen molar-refractivity contribution in [3.63, 3.8) is 0 Å². The molecule has 22 heavy (non-hydrogen) atoms. The van der Waals surface area contributed by atoms with Gasteiger partial charge in [0.2, 0.25) is 5.43 Å². The van der Waals surface area contributed by atoms with Gasteiger partial charge in [-0.2, -0.15) is 0 Å². The number of aliphatic hydroxyl groups is 1. The Balaban J connectivity index is 2.46. The van der Waals surface area contributed by atoms with Crippen molar-refractivity contribution in [2.75, 3.05) is 0 Å². The van der Waals surface area contributed by atoms with E-state index in [0.717, 1.165) is 5.56 Å². The Morgan fingerprint density at radius 3 is 2.59 bits per heavy atom. The van der Waals surface area contributed by atoms with Crippen molar-refractivity contribution in [2.24, 2.45) is 0 Å². The lowest BCUT2D eigenvalue weighted by Gasteiger charge is -2.12. The number of hydrogen-bond donors (Lipinski definition) is 1. The number of hydrogen-bond acceptors (Lipinski definition) is 3. The molecule has 1 heterocycles. The molecule has 1 aromatic heterocycles. The summed E-state index contributed by atoms with van der Waals surface area (Å²) in [6.45, 7) is 3.41. The van der Waals surface area contributed by atoms with Crippen LogP contribution in [0.25, 0.3) is 22.1 Å². The summed E-state index contributed by atoms with van der Waals surface area (Å²) in [7, 11) is 0. The lowest BCUT2D eigenvalue weighted by atomic mass is 9.98. The van der Waals surface area contributed by atoms with E-state index in [1.54, 1.807) is 6.07 Å². The van der Waals surface area contributed by atoms with Gasteiger partial charge < -0.3 is 9.52 Å². The Labute approximate surface area is 126 Å². The maximum atomic E-state index is 14.0. The van der Waals surface area contributed by atoms with Gasteiger partial charge in [0.25, 0.3) is 0 Å². The zero-order chi connectivity index (χ0) is 15.9. The minimum atomic E-state index is -0.976. The fourth-order valence-electron chi connectivity index (χ4n) is 2.58. The molecule has 112 valence electrons. The lowest BCUT2D eigenvalue weighted by Crippen LogP contribution is -2.12. The summed E-state index contributed by atoms with van der Waals surface area (Å²) in [4.78, 5) is 12.8. The molecule has 0 saturated heterocycles. The molecule has 0 aliphatic heterocycles. The summed E-state index contributed by atoms with van der Waals surface area (Å²) in [6, 6.07) is 11.5. The molecule has 1 unspecified atom stereocenters. The van der Waals surface area contributed by atoms with Crippen molar-refractivity contribution >= 4 is 11.0 Å². The van der Waals surface area contributed by atoms with Gasteiger partial charge in [-0.1, -0.05) is 35.9 Å². The minimum Gasteiger partial charge on any atom is -0.457 e. The van der Waals surface area contributed by atoms with E-state index in [4.69, 9.17) is 4.42 Å². The van der Waals surface area contributed by atoms with Crippen LogP contribution in [0.2, 0.25) is 0 Å². The van der Waals surface area contributed by atoms with Crippen molar-refractivity contribution in [1.29, 1.82) is 0 Å². The minimum absolute atomic E-state index is 0.0941. The predicted molar refractivity (Wildman–Crippen MR) is 83.2 cm³/mol. The van der Waals surface area contributed by atoms with E-state index in [1.165, 1.54) is 25.1 Å². The van der Waals surface area contributed by atoms with Gasteiger partial charge in [0.15, 0.2) is 0 Å². The van der Waals surface area contributed by atoms with E-state index >= 15 is 0 Å². The Hall–Kier alpha value is -2.46. The molecule has 3 rings (SSSR count). The van der Waals surface area contributed by atoms with Crippen molar-refractivity contribution in [2.45, 2.75) is 20.0 Å². The van der Waals surface area contributed by atoms with Crippen LogP contribution in [0.15, 0.2) is 51.7 Å². The molecule has 0 aliphatic carbocycles. The second kappa shape index (κ2) is 5.39. The Bertz CT molecular complexity index is 910. The second-order valence-electron chi connectivity index (χ2n) is 5.33. The molecule has 0 saturated carbocycles. The lowest BCUT2D eigenvalue weighted by molar-refractivity contribution is 0.171. The normalized spacial score (nSPS) is 12.5. The highest BCUT2D eigenvalue weighted by Crippen LogP contribution is 2.30. The van der Waals surface area contributed by atoms with E-state index in [9.17, 15) is 14.3 Å². The zero-order valence-electron chi connectivity index (χ0n) is 12.3. The fourth-order valence-corrected chi connectivity index (χ4v) is 2.58. The topological polar surface area (TPSA) is 50.4 Å². The Kier molecular flexibility index (Phi) is 3.54. The molecule has 0 fully saturated rings. The molecule has 3 aromatic rings. The quantitative estimate of drug-likeness (QED) is 0.779. The monoisotopic (exact) mass is 298 g/mol. The van der Waals surface area contributed by atoms with E-state index in [0.29, 0.717) is 5.56 Å². The van der Waals surface area contributed by atoms with Gasteiger partial charge >= 0.3 is 0 Å². The van der Waals surface area contributed by atoms with Crippen LogP contribution in [0.4, 0.5) is 4.39 Å². The molecular formula is C18H15FO3. The molecule has 1 N–H and O–H groups in total. The van der Waals surface area contributed by atoms with Crippen LogP contribution in [-0.2, 0) is 0 Å². The van der Waals surface area contributed by atoms with Crippen LogP contribution in [0.1, 0.15) is 24.4 Å². The largest absolute Gasteiger partial charge is 0.457 e. The van der Waals surface area contributed by atoms with E-state index in [-0.39, 0.29) is 22.3 Å². The van der Waals surface area contributed by atoms with Gasteiger partial charge in [-0.3, -0.25) is 4.79 Å². The molecule has 0 radical (unpaired) electrons. The second-order valence-corrected chi connectivity index (χ2v) is 5.33. The molecule has 0 spiro atoms. The van der Waals surface area contributed by atoms with Crippen LogP contribution in [0.5, 0.6) is 0 Å². The highest BCUT2D eigenvalue weighted by molar-refractivity contribution is 5.83. The molecule has 0 amide bonds. The van der Waals surface area contributed by atoms with Crippen LogP contribution in [-0.4, -0.2) is 5.11 Å². The summed E-state index contributed by atoms with van der Waals surface area (Å²) in [5.41, 5.74) is 1.44. The molecular weight excluding hydrogens is 283 g/mol. The van der Waals surface area contributed by atoms with E-state index in [2.05, 4.69) is 0 Å². The summed E-state index contributed by atoms with van der Waals surface area (Å²) in [6.07, 6.45) is -0.976. The van der Waals surface area contributed by atoms with Gasteiger partial charge in [-0.15, -0.1) is 0 Å². The van der Waals surface area contributed by atoms with Crippen LogP contribution < -0.4 is 5.43 Å². The van der Waals surface area contributed by atoms with E-state index < -0.39 is 17.3 Å². The van der Waals surface area contributed by atoms with Gasteiger partial charge in [0.1, 0.15) is 28.7 Å². The molecule has 0 bridgehead atoms. The number of rotatable bonds is 2. The standard InChI is InChI=1S/C18H15FO3/c1-10-5-3-6-12(9-10)15-17(21)16-13(19)7-4-8-14(16)22-18(15)11(2)20/h3-9,11,20H,1-2H3. The first-order valence-electron chi connectivity index (χ1n) is 6.99. The number of benzene rings is 2. The Morgan fingerprint density at radius 1 is 1.18 bits per heavy atom. The van der Waals surface area contributed by atoms with Crippen LogP contribution in [0.3, 0.4) is 0 Å². The number of fused-ring (bicyclic) bond motifs is 1. The van der Waals surface area contributed by atoms with Crippen LogP contribution in [0, 0.1) is 12.7 Å². The third-order valence-electron chi connectivity index (χ3n) is 3.58. The molecule has 1 atom stereocenters. The molecule has 4 heteroatoms. The predicted octanol–water partition coefficient (Wildman–Crippen LogP) is 3.96. The van der Waals surface area contributed by atoms with Gasteiger partial charge in [-0.05, 0) is 31.5 Å². The van der Waals surface area contributed by atoms with Gasteiger partial charge in [0, 0.05) is 0 Å². The molecule has 2 aromatic carbocycles. The maximum Gasteiger partial charge on any atom is 0.203 e. The van der Waals surface area contributed by atoms with Gasteiger partial charge in [-0.25, -0.2) is 4.39 Å². The summed E-state index contributed by atoms with van der Waals surface area (Å²) < 4.78 is 19.7. The van der Waals surface area contributed by atoms with Crippen molar-refractivity contribution < 1.29 is 13.9 Å². The Morgan fingerprint density at radius 2 is 1.91 bits per heavy atom. The average Bonchev–Trinajstić information content (AvgIpc) is 2.46. The van der Waals surface area contributed by atoms with Gasteiger partial charge in [0.05, 0.1) is 5.56 Å². The van der Waals surface area contributed by atoms with Crippen molar-refractivity contribution in [1.82, 2.24) is 0 Å². The third kappa shape index (κ3) is 2.31. The maximum absolute atomic E-state index is 14.0. The van der Waals surface area contributed by atoms with Crippen LogP contribution >= 0.6 is 0 Å². The number of aryl methyl sites for hydroxylation is 1. The van der Waals surface area contributed by atoms with E-state index in [1.807, 2.05) is 25.1 Å². The first kappa shape index (κ1) is 14.5. The summed E-state index contributed by atoms with van der Waals surface area (Å²) >= 11 is 0. The van der Waals surface area contributed by atoms with Crippen molar-refractivity contribution in [3.8, 4) is 11.1 Å². The summed E-state index contributed by atoms with van der Waals surface area (Å²) in [5, 5.41) is 9.87. The average molecular weight is 298 g/mol. The first-order valence-corrected chi connectivity index (χ1v) is 6.99. The summed E-state index contributed by atoms with van der Waals surface area (Å²) in [5.74, 6) is -0.481.